The monoisotopic (exact) mass is 307 g/mol. The number of fused-ring (bicyclic) bond motifs is 1. The zero-order valence-electron chi connectivity index (χ0n) is 12.4. The van der Waals surface area contributed by atoms with Crippen LogP contribution in [0.5, 0.6) is 0 Å². The third-order valence-electron chi connectivity index (χ3n) is 3.26. The smallest absolute Gasteiger partial charge is 0.259 e. The lowest BCUT2D eigenvalue weighted by molar-refractivity contribution is -0.115. The van der Waals surface area contributed by atoms with Crippen LogP contribution in [0.4, 0.5) is 0 Å². The predicted molar refractivity (Wildman–Crippen MR) is 83.9 cm³/mol. The zero-order chi connectivity index (χ0) is 15.4. The highest BCUT2D eigenvalue weighted by molar-refractivity contribution is 7.10. The molecule has 114 valence electrons. The number of amides is 2. The van der Waals surface area contributed by atoms with Crippen molar-refractivity contribution >= 4 is 23.2 Å². The lowest BCUT2D eigenvalue weighted by atomic mass is 10.0. The van der Waals surface area contributed by atoms with E-state index < -0.39 is 5.91 Å². The van der Waals surface area contributed by atoms with E-state index in [0.29, 0.717) is 23.6 Å². The van der Waals surface area contributed by atoms with Crippen molar-refractivity contribution in [2.75, 3.05) is 6.54 Å². The summed E-state index contributed by atoms with van der Waals surface area (Å²) in [6.45, 7) is 5.70. The number of imide groups is 1. The van der Waals surface area contributed by atoms with E-state index in [-0.39, 0.29) is 5.91 Å². The molecule has 6 heteroatoms. The van der Waals surface area contributed by atoms with Gasteiger partial charge in [0.15, 0.2) is 0 Å². The van der Waals surface area contributed by atoms with Crippen molar-refractivity contribution < 1.29 is 9.59 Å². The molecule has 0 atom stereocenters. The van der Waals surface area contributed by atoms with Crippen LogP contribution < -0.4 is 16.4 Å². The van der Waals surface area contributed by atoms with Gasteiger partial charge in [0.25, 0.3) is 11.8 Å². The quantitative estimate of drug-likeness (QED) is 0.737. The summed E-state index contributed by atoms with van der Waals surface area (Å²) in [4.78, 5) is 25.2. The van der Waals surface area contributed by atoms with E-state index in [1.54, 1.807) is 11.3 Å². The van der Waals surface area contributed by atoms with Crippen LogP contribution in [0.15, 0.2) is 17.2 Å². The third-order valence-corrected chi connectivity index (χ3v) is 4.29. The van der Waals surface area contributed by atoms with E-state index in [4.69, 9.17) is 5.73 Å². The fraction of sp³-hybridized carbons (Fsp3) is 0.467. The summed E-state index contributed by atoms with van der Waals surface area (Å²) in [6, 6.07) is 0. The van der Waals surface area contributed by atoms with Gasteiger partial charge in [-0.3, -0.25) is 14.9 Å². The molecule has 2 heterocycles. The van der Waals surface area contributed by atoms with Gasteiger partial charge in [0, 0.05) is 28.6 Å². The molecule has 0 aliphatic carbocycles. The molecule has 0 aromatic carbocycles. The largest absolute Gasteiger partial charge is 0.402 e. The van der Waals surface area contributed by atoms with Crippen LogP contribution in [-0.4, -0.2) is 18.4 Å². The number of rotatable bonds is 4. The van der Waals surface area contributed by atoms with Crippen LogP contribution in [0.2, 0.25) is 0 Å². The molecule has 2 rings (SSSR count). The SMILES string of the molecule is CC(C)C/C(N)=C/C(=O)NC(=O)c1csc2c1CCNC2. The summed E-state index contributed by atoms with van der Waals surface area (Å²) < 4.78 is 0. The molecule has 0 fully saturated rings. The number of nitrogens with two attached hydrogens (primary N) is 1. The summed E-state index contributed by atoms with van der Waals surface area (Å²) in [5.74, 6) is -0.416. The lowest BCUT2D eigenvalue weighted by Gasteiger charge is -2.13. The van der Waals surface area contributed by atoms with Gasteiger partial charge in [0.2, 0.25) is 0 Å². The second kappa shape index (κ2) is 6.87. The highest BCUT2D eigenvalue weighted by atomic mass is 32.1. The maximum atomic E-state index is 12.2. The maximum Gasteiger partial charge on any atom is 0.259 e. The van der Waals surface area contributed by atoms with Crippen LogP contribution >= 0.6 is 11.3 Å². The van der Waals surface area contributed by atoms with E-state index in [9.17, 15) is 9.59 Å². The van der Waals surface area contributed by atoms with E-state index in [2.05, 4.69) is 10.6 Å². The maximum absolute atomic E-state index is 12.2. The highest BCUT2D eigenvalue weighted by Gasteiger charge is 2.20. The van der Waals surface area contributed by atoms with Crippen LogP contribution in [0, 0.1) is 5.92 Å². The topological polar surface area (TPSA) is 84.2 Å². The van der Waals surface area contributed by atoms with Crippen molar-refractivity contribution in [3.05, 3.63) is 33.2 Å². The van der Waals surface area contributed by atoms with Crippen molar-refractivity contribution in [3.63, 3.8) is 0 Å². The molecule has 2 amide bonds. The van der Waals surface area contributed by atoms with E-state index in [0.717, 1.165) is 25.1 Å². The van der Waals surface area contributed by atoms with Crippen molar-refractivity contribution in [2.24, 2.45) is 11.7 Å². The van der Waals surface area contributed by atoms with Gasteiger partial charge in [-0.1, -0.05) is 13.8 Å². The molecule has 5 nitrogen and oxygen atoms in total. The Morgan fingerprint density at radius 3 is 3.00 bits per heavy atom. The van der Waals surface area contributed by atoms with Gasteiger partial charge >= 0.3 is 0 Å². The molecule has 0 spiro atoms. The molecule has 1 aliphatic rings. The average molecular weight is 307 g/mol. The molecule has 4 N–H and O–H groups in total. The molecule has 0 saturated carbocycles. The van der Waals surface area contributed by atoms with Gasteiger partial charge in [0.1, 0.15) is 0 Å². The summed E-state index contributed by atoms with van der Waals surface area (Å²) in [6.07, 6.45) is 2.76. The Morgan fingerprint density at radius 2 is 2.29 bits per heavy atom. The van der Waals surface area contributed by atoms with Crippen LogP contribution in [0.3, 0.4) is 0 Å². The van der Waals surface area contributed by atoms with Crippen molar-refractivity contribution in [1.82, 2.24) is 10.6 Å². The molecule has 1 aromatic heterocycles. The van der Waals surface area contributed by atoms with E-state index in [1.165, 1.54) is 11.0 Å². The Hall–Kier alpha value is -1.66. The minimum atomic E-state index is -0.452. The van der Waals surface area contributed by atoms with Crippen molar-refractivity contribution in [1.29, 1.82) is 0 Å². The average Bonchev–Trinajstić information content (AvgIpc) is 2.80. The molecule has 0 bridgehead atoms. The molecule has 0 radical (unpaired) electrons. The third kappa shape index (κ3) is 4.15. The second-order valence-corrected chi connectivity index (χ2v) is 6.58. The Kier molecular flexibility index (Phi) is 5.14. The minimum Gasteiger partial charge on any atom is -0.402 e. The minimum absolute atomic E-state index is 0.340. The van der Waals surface area contributed by atoms with Gasteiger partial charge in [-0.25, -0.2) is 0 Å². The van der Waals surface area contributed by atoms with Gasteiger partial charge in [-0.05, 0) is 30.9 Å². The second-order valence-electron chi connectivity index (χ2n) is 5.61. The van der Waals surface area contributed by atoms with Gasteiger partial charge in [-0.15, -0.1) is 11.3 Å². The molecular weight excluding hydrogens is 286 g/mol. The molecule has 21 heavy (non-hydrogen) atoms. The molecule has 0 saturated heterocycles. The molecule has 1 aliphatic heterocycles. The number of carbonyl (C=O) groups excluding carboxylic acids is 2. The predicted octanol–water partition coefficient (Wildman–Crippen LogP) is 1.54. The highest BCUT2D eigenvalue weighted by Crippen LogP contribution is 2.25. The molecule has 0 unspecified atom stereocenters. The Morgan fingerprint density at radius 1 is 1.52 bits per heavy atom. The normalized spacial score (nSPS) is 14.9. The summed E-state index contributed by atoms with van der Waals surface area (Å²) >= 11 is 1.55. The number of thiophene rings is 1. The first-order valence-electron chi connectivity index (χ1n) is 7.08. The van der Waals surface area contributed by atoms with E-state index in [1.807, 2.05) is 19.2 Å². The zero-order valence-corrected chi connectivity index (χ0v) is 13.2. The summed E-state index contributed by atoms with van der Waals surface area (Å²) in [7, 11) is 0. The summed E-state index contributed by atoms with van der Waals surface area (Å²) in [5, 5.41) is 7.47. The van der Waals surface area contributed by atoms with Crippen LogP contribution in [-0.2, 0) is 17.8 Å². The molecule has 1 aromatic rings. The Balaban J connectivity index is 2.01. The van der Waals surface area contributed by atoms with E-state index >= 15 is 0 Å². The van der Waals surface area contributed by atoms with Crippen molar-refractivity contribution in [3.8, 4) is 0 Å². The van der Waals surface area contributed by atoms with Gasteiger partial charge in [0.05, 0.1) is 5.56 Å². The number of allylic oxidation sites excluding steroid dienone is 1. The standard InChI is InChI=1S/C15H21N3O2S/c1-9(2)5-10(16)6-14(19)18-15(20)12-8-21-13-7-17-4-3-11(12)13/h6,8-9,17H,3-5,7,16H2,1-2H3,(H,18,19,20)/b10-6-. The summed E-state index contributed by atoms with van der Waals surface area (Å²) in [5.41, 5.74) is 7.93. The lowest BCUT2D eigenvalue weighted by Crippen LogP contribution is -2.31. The van der Waals surface area contributed by atoms with Gasteiger partial charge < -0.3 is 11.1 Å². The van der Waals surface area contributed by atoms with Gasteiger partial charge in [-0.2, -0.15) is 0 Å². The Labute approximate surface area is 128 Å². The fourth-order valence-electron chi connectivity index (χ4n) is 2.36. The van der Waals surface area contributed by atoms with Crippen LogP contribution in [0.1, 0.15) is 41.1 Å². The molecular formula is C15H21N3O2S. The van der Waals surface area contributed by atoms with Crippen LogP contribution in [0.25, 0.3) is 0 Å². The first kappa shape index (κ1) is 15.7. The number of nitrogens with one attached hydrogen (secondary N) is 2. The first-order valence-corrected chi connectivity index (χ1v) is 7.96. The Bertz CT molecular complexity index is 575. The first-order chi connectivity index (χ1) is 9.97. The number of carbonyl (C=O) groups is 2. The fourth-order valence-corrected chi connectivity index (χ4v) is 3.41. The number of hydrogen-bond acceptors (Lipinski definition) is 5. The number of hydrogen-bond donors (Lipinski definition) is 3. The van der Waals surface area contributed by atoms with Crippen molar-refractivity contribution in [2.45, 2.75) is 33.2 Å².